The first kappa shape index (κ1) is 16.3. The third-order valence-electron chi connectivity index (χ3n) is 3.12. The number of nitrogens with two attached hydrogens (primary N) is 1. The van der Waals surface area contributed by atoms with Crippen molar-refractivity contribution in [2.75, 3.05) is 0 Å². The van der Waals surface area contributed by atoms with Gasteiger partial charge in [0.05, 0.1) is 5.56 Å². The highest BCUT2D eigenvalue weighted by Crippen LogP contribution is 2.24. The average Bonchev–Trinajstić information content (AvgIpc) is 3.03. The van der Waals surface area contributed by atoms with Crippen LogP contribution < -0.4 is 10.5 Å². The molecule has 1 amide bonds. The van der Waals surface area contributed by atoms with Crippen LogP contribution in [0.15, 0.2) is 46.9 Å². The van der Waals surface area contributed by atoms with E-state index in [0.717, 1.165) is 5.56 Å². The van der Waals surface area contributed by atoms with E-state index in [0.29, 0.717) is 15.9 Å². The van der Waals surface area contributed by atoms with Gasteiger partial charge in [-0.2, -0.15) is 0 Å². The van der Waals surface area contributed by atoms with Gasteiger partial charge in [-0.05, 0) is 42.5 Å². The maximum atomic E-state index is 11.4. The number of carbonyl (C=O) groups is 1. The van der Waals surface area contributed by atoms with Gasteiger partial charge in [0.25, 0.3) is 11.8 Å². The predicted molar refractivity (Wildman–Crippen MR) is 89.0 cm³/mol. The fraction of sp³-hybridized carbons (Fsp3) is 0.0625. The van der Waals surface area contributed by atoms with Crippen molar-refractivity contribution in [3.8, 4) is 17.2 Å². The van der Waals surface area contributed by atoms with E-state index in [1.165, 1.54) is 6.07 Å². The zero-order valence-corrected chi connectivity index (χ0v) is 13.7. The summed E-state index contributed by atoms with van der Waals surface area (Å²) in [6.07, 6.45) is 0. The summed E-state index contributed by atoms with van der Waals surface area (Å²) in [5.74, 6) is 0.250. The van der Waals surface area contributed by atoms with Crippen molar-refractivity contribution in [3.63, 3.8) is 0 Å². The van der Waals surface area contributed by atoms with Crippen LogP contribution in [0.2, 0.25) is 10.0 Å². The molecule has 1 aromatic heterocycles. The van der Waals surface area contributed by atoms with Crippen LogP contribution in [0.1, 0.15) is 16.2 Å². The number of halogens is 2. The lowest BCUT2D eigenvalue weighted by molar-refractivity contribution is 0.0995. The standard InChI is InChI=1S/C16H11Cl2N3O3/c17-10-3-1-9(2-4-10)16-21-20-14(24-16)8-23-13-6-5-11(18)7-12(13)15(19)22/h1-7H,8H2,(H2,19,22). The maximum absolute atomic E-state index is 11.4. The van der Waals surface area contributed by atoms with Gasteiger partial charge in [0.15, 0.2) is 6.61 Å². The van der Waals surface area contributed by atoms with Gasteiger partial charge < -0.3 is 14.9 Å². The van der Waals surface area contributed by atoms with Gasteiger partial charge in [0.2, 0.25) is 5.89 Å². The summed E-state index contributed by atoms with van der Waals surface area (Å²) < 4.78 is 11.1. The van der Waals surface area contributed by atoms with Crippen molar-refractivity contribution in [2.24, 2.45) is 5.73 Å². The Hall–Kier alpha value is -2.57. The first-order chi connectivity index (χ1) is 11.5. The van der Waals surface area contributed by atoms with Crippen LogP contribution in [0.5, 0.6) is 5.75 Å². The second-order valence-corrected chi connectivity index (χ2v) is 5.67. The maximum Gasteiger partial charge on any atom is 0.254 e. The Morgan fingerprint density at radius 2 is 1.79 bits per heavy atom. The average molecular weight is 364 g/mol. The van der Waals surface area contributed by atoms with E-state index in [1.807, 2.05) is 0 Å². The number of aromatic nitrogens is 2. The van der Waals surface area contributed by atoms with Gasteiger partial charge in [-0.3, -0.25) is 4.79 Å². The van der Waals surface area contributed by atoms with Crippen molar-refractivity contribution < 1.29 is 13.9 Å². The topological polar surface area (TPSA) is 91.2 Å². The number of primary amides is 1. The molecule has 6 nitrogen and oxygen atoms in total. The lowest BCUT2D eigenvalue weighted by Crippen LogP contribution is -2.13. The van der Waals surface area contributed by atoms with Gasteiger partial charge >= 0.3 is 0 Å². The molecule has 0 bridgehead atoms. The first-order valence-electron chi connectivity index (χ1n) is 6.83. The second kappa shape index (κ2) is 6.90. The number of nitrogens with zero attached hydrogens (tertiary/aromatic N) is 2. The van der Waals surface area contributed by atoms with Crippen LogP contribution in [0.4, 0.5) is 0 Å². The Balaban J connectivity index is 1.74. The third kappa shape index (κ3) is 3.67. The predicted octanol–water partition coefficient (Wildman–Crippen LogP) is 3.72. The van der Waals surface area contributed by atoms with Crippen LogP contribution in [0.25, 0.3) is 11.5 Å². The van der Waals surface area contributed by atoms with Gasteiger partial charge in [0.1, 0.15) is 5.75 Å². The molecule has 1 heterocycles. The van der Waals surface area contributed by atoms with Crippen LogP contribution in [0.3, 0.4) is 0 Å². The summed E-state index contributed by atoms with van der Waals surface area (Å²) in [6, 6.07) is 11.6. The van der Waals surface area contributed by atoms with Crippen molar-refractivity contribution in [1.29, 1.82) is 0 Å². The van der Waals surface area contributed by atoms with E-state index in [-0.39, 0.29) is 23.8 Å². The summed E-state index contributed by atoms with van der Waals surface area (Å²) in [7, 11) is 0. The molecule has 3 aromatic rings. The zero-order chi connectivity index (χ0) is 17.1. The smallest absolute Gasteiger partial charge is 0.254 e. The molecule has 8 heteroatoms. The Kier molecular flexibility index (Phi) is 4.69. The Labute approximate surface area is 147 Å². The van der Waals surface area contributed by atoms with Crippen LogP contribution in [0, 0.1) is 0 Å². The van der Waals surface area contributed by atoms with Gasteiger partial charge in [-0.1, -0.05) is 23.2 Å². The Morgan fingerprint density at radius 1 is 1.08 bits per heavy atom. The zero-order valence-electron chi connectivity index (χ0n) is 12.2. The molecule has 24 heavy (non-hydrogen) atoms. The molecule has 2 N–H and O–H groups in total. The minimum absolute atomic E-state index is 0.0114. The van der Waals surface area contributed by atoms with E-state index in [1.54, 1.807) is 36.4 Å². The normalized spacial score (nSPS) is 10.6. The molecule has 0 radical (unpaired) electrons. The molecule has 0 aliphatic carbocycles. The SMILES string of the molecule is NC(=O)c1cc(Cl)ccc1OCc1nnc(-c2ccc(Cl)cc2)o1. The lowest BCUT2D eigenvalue weighted by Gasteiger charge is -2.07. The fourth-order valence-corrected chi connectivity index (χ4v) is 2.28. The minimum atomic E-state index is -0.639. The highest BCUT2D eigenvalue weighted by Gasteiger charge is 2.13. The molecule has 2 aromatic carbocycles. The van der Waals surface area contributed by atoms with Gasteiger partial charge in [-0.25, -0.2) is 0 Å². The molecule has 0 saturated carbocycles. The van der Waals surface area contributed by atoms with Crippen LogP contribution in [-0.4, -0.2) is 16.1 Å². The van der Waals surface area contributed by atoms with E-state index in [4.69, 9.17) is 38.1 Å². The van der Waals surface area contributed by atoms with Gasteiger partial charge in [-0.15, -0.1) is 10.2 Å². The Morgan fingerprint density at radius 3 is 2.50 bits per heavy atom. The van der Waals surface area contributed by atoms with Gasteiger partial charge in [0, 0.05) is 15.6 Å². The number of benzene rings is 2. The second-order valence-electron chi connectivity index (χ2n) is 4.80. The molecular formula is C16H11Cl2N3O3. The van der Waals surface area contributed by atoms with Crippen LogP contribution >= 0.6 is 23.2 Å². The molecule has 0 unspecified atom stereocenters. The summed E-state index contributed by atoms with van der Waals surface area (Å²) in [4.78, 5) is 11.4. The first-order valence-corrected chi connectivity index (χ1v) is 7.59. The highest BCUT2D eigenvalue weighted by atomic mass is 35.5. The highest BCUT2D eigenvalue weighted by molar-refractivity contribution is 6.31. The molecule has 0 saturated heterocycles. The summed E-state index contributed by atoms with van der Waals surface area (Å²) >= 11 is 11.7. The monoisotopic (exact) mass is 363 g/mol. The molecule has 0 spiro atoms. The number of hydrogen-bond acceptors (Lipinski definition) is 5. The quantitative estimate of drug-likeness (QED) is 0.745. The van der Waals surface area contributed by atoms with E-state index >= 15 is 0 Å². The van der Waals surface area contributed by atoms with Crippen molar-refractivity contribution in [2.45, 2.75) is 6.61 Å². The largest absolute Gasteiger partial charge is 0.483 e. The molecule has 3 rings (SSSR count). The summed E-state index contributed by atoms with van der Waals surface area (Å²) in [5, 5.41) is 8.86. The van der Waals surface area contributed by atoms with Crippen LogP contribution in [-0.2, 0) is 6.61 Å². The number of carbonyl (C=O) groups excluding carboxylic acids is 1. The van der Waals surface area contributed by atoms with Crippen molar-refractivity contribution in [1.82, 2.24) is 10.2 Å². The van der Waals surface area contributed by atoms with Crippen molar-refractivity contribution >= 4 is 29.1 Å². The molecule has 122 valence electrons. The fourth-order valence-electron chi connectivity index (χ4n) is 1.98. The summed E-state index contributed by atoms with van der Waals surface area (Å²) in [6.45, 7) is -0.0114. The van der Waals surface area contributed by atoms with Crippen molar-refractivity contribution in [3.05, 3.63) is 64.0 Å². The van der Waals surface area contributed by atoms with E-state index in [9.17, 15) is 4.79 Å². The Bertz CT molecular complexity index is 879. The minimum Gasteiger partial charge on any atom is -0.483 e. The molecule has 0 aliphatic heterocycles. The molecule has 0 fully saturated rings. The third-order valence-corrected chi connectivity index (χ3v) is 3.60. The number of amides is 1. The number of hydrogen-bond donors (Lipinski definition) is 1. The number of rotatable bonds is 5. The van der Waals surface area contributed by atoms with E-state index < -0.39 is 5.91 Å². The molecule has 0 aliphatic rings. The lowest BCUT2D eigenvalue weighted by atomic mass is 10.2. The molecule has 0 atom stereocenters. The number of ether oxygens (including phenoxy) is 1. The summed E-state index contributed by atoms with van der Waals surface area (Å²) in [5.41, 5.74) is 6.22. The molecular weight excluding hydrogens is 353 g/mol. The van der Waals surface area contributed by atoms with E-state index in [2.05, 4.69) is 10.2 Å².